The molecule has 0 radical (unpaired) electrons. The summed E-state index contributed by atoms with van der Waals surface area (Å²) in [6.45, 7) is 15.6. The Morgan fingerprint density at radius 3 is 2.46 bits per heavy atom. The number of aryl methyl sites for hydroxylation is 2. The fraction of sp³-hybridized carbons (Fsp3) is 0.833. The molecule has 1 aromatic rings. The van der Waals surface area contributed by atoms with Crippen LogP contribution < -0.4 is 0 Å². The molecular weight excluding hydrogens is 322 g/mol. The molecule has 6 heteroatoms. The Balaban J connectivity index is 1.64. The van der Waals surface area contributed by atoms with Crippen molar-refractivity contribution in [2.75, 3.05) is 45.9 Å². The van der Waals surface area contributed by atoms with Gasteiger partial charge in [-0.05, 0) is 20.3 Å². The number of likely N-dealkylation sites (tertiary alicyclic amines) is 1. The summed E-state index contributed by atoms with van der Waals surface area (Å²) in [5, 5.41) is 12.5. The molecule has 3 heterocycles. The molecule has 1 atom stereocenters. The standard InChI is InChI=1S/C18H31N3O2S/c1-14-16(24-15(2)19-14)11-21-6-5-18(22,17(3,4)12-21)13-20-7-9-23-10-8-20/h22H,5-13H2,1-4H3/t18-/m1/s1. The average molecular weight is 354 g/mol. The Kier molecular flexibility index (Phi) is 5.33. The third kappa shape index (κ3) is 3.83. The fourth-order valence-electron chi connectivity index (χ4n) is 3.95. The van der Waals surface area contributed by atoms with Crippen LogP contribution in [0.25, 0.3) is 0 Å². The van der Waals surface area contributed by atoms with Crippen LogP contribution in [0.3, 0.4) is 0 Å². The zero-order chi connectivity index (χ0) is 17.4. The van der Waals surface area contributed by atoms with Gasteiger partial charge in [0, 0.05) is 49.6 Å². The van der Waals surface area contributed by atoms with Gasteiger partial charge < -0.3 is 9.84 Å². The van der Waals surface area contributed by atoms with Gasteiger partial charge in [0.15, 0.2) is 0 Å². The van der Waals surface area contributed by atoms with Gasteiger partial charge in [0.05, 0.1) is 29.5 Å². The van der Waals surface area contributed by atoms with Gasteiger partial charge in [-0.1, -0.05) is 13.8 Å². The van der Waals surface area contributed by atoms with Crippen molar-refractivity contribution >= 4 is 11.3 Å². The largest absolute Gasteiger partial charge is 0.388 e. The van der Waals surface area contributed by atoms with E-state index < -0.39 is 5.60 Å². The number of nitrogens with zero attached hydrogens (tertiary/aromatic N) is 3. The van der Waals surface area contributed by atoms with E-state index in [1.54, 1.807) is 11.3 Å². The number of morpholine rings is 1. The van der Waals surface area contributed by atoms with Gasteiger partial charge in [0.25, 0.3) is 0 Å². The molecule has 2 saturated heterocycles. The fourth-order valence-corrected chi connectivity index (χ4v) is 4.93. The molecule has 3 rings (SSSR count). The molecule has 136 valence electrons. The quantitative estimate of drug-likeness (QED) is 0.898. The van der Waals surface area contributed by atoms with E-state index in [4.69, 9.17) is 4.74 Å². The van der Waals surface area contributed by atoms with Gasteiger partial charge in [-0.15, -0.1) is 11.3 Å². The Hall–Kier alpha value is -0.530. The summed E-state index contributed by atoms with van der Waals surface area (Å²) >= 11 is 1.80. The van der Waals surface area contributed by atoms with Crippen LogP contribution in [0, 0.1) is 19.3 Å². The molecule has 24 heavy (non-hydrogen) atoms. The number of aromatic nitrogens is 1. The molecule has 0 aromatic carbocycles. The second kappa shape index (κ2) is 7.00. The molecule has 2 aliphatic rings. The zero-order valence-electron chi connectivity index (χ0n) is 15.5. The molecule has 0 aliphatic carbocycles. The van der Waals surface area contributed by atoms with Gasteiger partial charge in [-0.25, -0.2) is 4.98 Å². The van der Waals surface area contributed by atoms with E-state index in [-0.39, 0.29) is 5.41 Å². The minimum absolute atomic E-state index is 0.128. The summed E-state index contributed by atoms with van der Waals surface area (Å²) in [6, 6.07) is 0. The van der Waals surface area contributed by atoms with Crippen LogP contribution in [0.2, 0.25) is 0 Å². The lowest BCUT2D eigenvalue weighted by Crippen LogP contribution is -2.62. The predicted octanol–water partition coefficient (Wildman–Crippen LogP) is 2.06. The van der Waals surface area contributed by atoms with E-state index in [2.05, 4.69) is 42.5 Å². The molecule has 1 N–H and O–H groups in total. The third-order valence-corrected chi connectivity index (χ3v) is 6.73. The minimum atomic E-state index is -0.625. The minimum Gasteiger partial charge on any atom is -0.388 e. The molecule has 0 spiro atoms. The Labute approximate surface area is 149 Å². The first-order chi connectivity index (χ1) is 11.3. The number of β-amino-alcohol motifs (C(OH)–C–C–N with tert-alkyl or cyclic N) is 1. The highest BCUT2D eigenvalue weighted by atomic mass is 32.1. The Bertz CT molecular complexity index is 569. The smallest absolute Gasteiger partial charge is 0.0900 e. The van der Waals surface area contributed by atoms with Crippen LogP contribution in [0.1, 0.15) is 35.8 Å². The second-order valence-corrected chi connectivity index (χ2v) is 9.29. The first kappa shape index (κ1) is 18.3. The molecule has 0 unspecified atom stereocenters. The molecule has 5 nitrogen and oxygen atoms in total. The maximum atomic E-state index is 11.4. The van der Waals surface area contributed by atoms with Gasteiger partial charge in [0.1, 0.15) is 0 Å². The number of rotatable bonds is 4. The van der Waals surface area contributed by atoms with Crippen molar-refractivity contribution in [1.82, 2.24) is 14.8 Å². The number of hydrogen-bond acceptors (Lipinski definition) is 6. The summed E-state index contributed by atoms with van der Waals surface area (Å²) < 4.78 is 5.43. The Morgan fingerprint density at radius 1 is 1.17 bits per heavy atom. The molecular formula is C18H31N3O2S. The monoisotopic (exact) mass is 353 g/mol. The lowest BCUT2D eigenvalue weighted by atomic mass is 9.69. The zero-order valence-corrected chi connectivity index (χ0v) is 16.3. The number of ether oxygens (including phenoxy) is 1. The van der Waals surface area contributed by atoms with E-state index in [1.165, 1.54) is 4.88 Å². The average Bonchev–Trinajstić information content (AvgIpc) is 2.82. The normalized spacial score (nSPS) is 29.0. The Morgan fingerprint density at radius 2 is 1.88 bits per heavy atom. The van der Waals surface area contributed by atoms with Crippen molar-refractivity contribution in [3.8, 4) is 0 Å². The highest BCUT2D eigenvalue weighted by Gasteiger charge is 2.48. The highest BCUT2D eigenvalue weighted by molar-refractivity contribution is 7.11. The van der Waals surface area contributed by atoms with Gasteiger partial charge in [-0.3, -0.25) is 9.80 Å². The summed E-state index contributed by atoms with van der Waals surface area (Å²) in [5.74, 6) is 0. The number of piperidine rings is 1. The highest BCUT2D eigenvalue weighted by Crippen LogP contribution is 2.40. The molecule has 0 bridgehead atoms. The van der Waals surface area contributed by atoms with Gasteiger partial charge >= 0.3 is 0 Å². The SMILES string of the molecule is Cc1nc(C)c(CN2CC[C@@](O)(CN3CCOCC3)C(C)(C)C2)s1. The lowest BCUT2D eigenvalue weighted by molar-refractivity contribution is -0.140. The molecule has 0 saturated carbocycles. The number of aliphatic hydroxyl groups is 1. The van der Waals surface area contributed by atoms with E-state index in [0.717, 1.165) is 69.6 Å². The van der Waals surface area contributed by atoms with Crippen LogP contribution >= 0.6 is 11.3 Å². The van der Waals surface area contributed by atoms with Gasteiger partial charge in [0.2, 0.25) is 0 Å². The molecule has 2 fully saturated rings. The number of thiazole rings is 1. The summed E-state index contributed by atoms with van der Waals surface area (Å²) in [7, 11) is 0. The predicted molar refractivity (Wildman–Crippen MR) is 97.5 cm³/mol. The topological polar surface area (TPSA) is 48.8 Å². The van der Waals surface area contributed by atoms with Crippen molar-refractivity contribution < 1.29 is 9.84 Å². The second-order valence-electron chi connectivity index (χ2n) is 8.01. The van der Waals surface area contributed by atoms with E-state index in [0.29, 0.717) is 0 Å². The summed E-state index contributed by atoms with van der Waals surface area (Å²) in [4.78, 5) is 10.7. The maximum absolute atomic E-state index is 11.4. The van der Waals surface area contributed by atoms with E-state index in [1.807, 2.05) is 0 Å². The molecule has 2 aliphatic heterocycles. The number of hydrogen-bond donors (Lipinski definition) is 1. The van der Waals surface area contributed by atoms with Crippen molar-refractivity contribution in [3.63, 3.8) is 0 Å². The van der Waals surface area contributed by atoms with Crippen molar-refractivity contribution in [1.29, 1.82) is 0 Å². The van der Waals surface area contributed by atoms with Crippen LogP contribution in [0.4, 0.5) is 0 Å². The molecule has 0 amide bonds. The third-order valence-electron chi connectivity index (χ3n) is 5.68. The van der Waals surface area contributed by atoms with Crippen molar-refractivity contribution in [2.45, 2.75) is 46.3 Å². The van der Waals surface area contributed by atoms with E-state index >= 15 is 0 Å². The summed E-state index contributed by atoms with van der Waals surface area (Å²) in [6.07, 6.45) is 0.828. The van der Waals surface area contributed by atoms with Gasteiger partial charge in [-0.2, -0.15) is 0 Å². The van der Waals surface area contributed by atoms with Crippen LogP contribution in [0.5, 0.6) is 0 Å². The van der Waals surface area contributed by atoms with Crippen molar-refractivity contribution in [2.24, 2.45) is 5.41 Å². The van der Waals surface area contributed by atoms with Crippen LogP contribution in [-0.4, -0.2) is 71.4 Å². The van der Waals surface area contributed by atoms with E-state index in [9.17, 15) is 5.11 Å². The lowest BCUT2D eigenvalue weighted by Gasteiger charge is -2.52. The van der Waals surface area contributed by atoms with Crippen molar-refractivity contribution in [3.05, 3.63) is 15.6 Å². The maximum Gasteiger partial charge on any atom is 0.0900 e. The van der Waals surface area contributed by atoms with Crippen LogP contribution in [-0.2, 0) is 11.3 Å². The first-order valence-electron chi connectivity index (χ1n) is 8.97. The first-order valence-corrected chi connectivity index (χ1v) is 9.78. The summed E-state index contributed by atoms with van der Waals surface area (Å²) in [5.41, 5.74) is 0.404. The van der Waals surface area contributed by atoms with Crippen LogP contribution in [0.15, 0.2) is 0 Å². The molecule has 1 aromatic heterocycles.